The molecule has 0 aliphatic heterocycles. The maximum Gasteiger partial charge on any atom is 0.390 e. The first-order chi connectivity index (χ1) is 7.92. The number of anilines is 1. The minimum Gasteiger partial charge on any atom is -0.359 e. The molecule has 0 aliphatic rings. The van der Waals surface area contributed by atoms with Gasteiger partial charge in [-0.2, -0.15) is 13.2 Å². The zero-order valence-corrected chi connectivity index (χ0v) is 9.88. The third-order valence-corrected chi connectivity index (χ3v) is 2.31. The fourth-order valence-corrected chi connectivity index (χ4v) is 1.39. The van der Waals surface area contributed by atoms with Crippen LogP contribution in [0.1, 0.15) is 12.0 Å². The van der Waals surface area contributed by atoms with Crippen molar-refractivity contribution < 1.29 is 13.2 Å². The van der Waals surface area contributed by atoms with Crippen LogP contribution in [0.25, 0.3) is 0 Å². The first-order valence-corrected chi connectivity index (χ1v) is 5.30. The summed E-state index contributed by atoms with van der Waals surface area (Å²) in [6, 6.07) is 3.62. The Hall–Kier alpha value is -1.30. The van der Waals surface area contributed by atoms with E-state index in [1.54, 1.807) is 19.3 Å². The number of nitrogens with zero attached hydrogens (tertiary/aromatic N) is 2. The monoisotopic (exact) mass is 247 g/mol. The van der Waals surface area contributed by atoms with Gasteiger partial charge in [0.25, 0.3) is 0 Å². The smallest absolute Gasteiger partial charge is 0.359 e. The highest BCUT2D eigenvalue weighted by Crippen LogP contribution is 2.21. The van der Waals surface area contributed by atoms with Crippen molar-refractivity contribution in [3.05, 3.63) is 23.9 Å². The first kappa shape index (κ1) is 13.8. The van der Waals surface area contributed by atoms with Crippen LogP contribution in [-0.4, -0.2) is 31.8 Å². The molecule has 1 aromatic heterocycles. The molecule has 0 unspecified atom stereocenters. The molecule has 3 nitrogen and oxygen atoms in total. The van der Waals surface area contributed by atoms with Crippen molar-refractivity contribution in [3.8, 4) is 0 Å². The SMILES string of the molecule is CNCc1ccnc(N(C)CCC(F)(F)F)c1. The molecular weight excluding hydrogens is 231 g/mol. The van der Waals surface area contributed by atoms with Crippen molar-refractivity contribution in [1.82, 2.24) is 10.3 Å². The van der Waals surface area contributed by atoms with Crippen molar-refractivity contribution in [2.45, 2.75) is 19.1 Å². The van der Waals surface area contributed by atoms with Crippen LogP contribution in [0.3, 0.4) is 0 Å². The van der Waals surface area contributed by atoms with E-state index in [9.17, 15) is 13.2 Å². The molecule has 1 N–H and O–H groups in total. The lowest BCUT2D eigenvalue weighted by Gasteiger charge is -2.19. The normalized spacial score (nSPS) is 11.6. The molecule has 1 aromatic rings. The fourth-order valence-electron chi connectivity index (χ4n) is 1.39. The van der Waals surface area contributed by atoms with Gasteiger partial charge in [0, 0.05) is 26.3 Å². The Morgan fingerprint density at radius 1 is 1.41 bits per heavy atom. The van der Waals surface area contributed by atoms with Crippen LogP contribution in [0.5, 0.6) is 0 Å². The van der Waals surface area contributed by atoms with Gasteiger partial charge in [-0.1, -0.05) is 0 Å². The Labute approximate surface area is 98.6 Å². The molecule has 0 aliphatic carbocycles. The van der Waals surface area contributed by atoms with E-state index in [0.717, 1.165) is 5.56 Å². The summed E-state index contributed by atoms with van der Waals surface area (Å²) in [4.78, 5) is 5.56. The molecule has 0 bridgehead atoms. The van der Waals surface area contributed by atoms with Gasteiger partial charge in [0.2, 0.25) is 0 Å². The molecule has 0 saturated heterocycles. The van der Waals surface area contributed by atoms with Crippen LogP contribution >= 0.6 is 0 Å². The van der Waals surface area contributed by atoms with Crippen LogP contribution < -0.4 is 10.2 Å². The van der Waals surface area contributed by atoms with Gasteiger partial charge in [-0.3, -0.25) is 0 Å². The quantitative estimate of drug-likeness (QED) is 0.864. The van der Waals surface area contributed by atoms with Crippen molar-refractivity contribution in [1.29, 1.82) is 0 Å². The zero-order valence-electron chi connectivity index (χ0n) is 9.88. The topological polar surface area (TPSA) is 28.2 Å². The van der Waals surface area contributed by atoms with Gasteiger partial charge >= 0.3 is 6.18 Å². The second-order valence-electron chi connectivity index (χ2n) is 3.84. The second-order valence-corrected chi connectivity index (χ2v) is 3.84. The van der Waals surface area contributed by atoms with Gasteiger partial charge < -0.3 is 10.2 Å². The summed E-state index contributed by atoms with van der Waals surface area (Å²) in [6.07, 6.45) is -3.36. The number of rotatable bonds is 5. The Morgan fingerprint density at radius 3 is 2.71 bits per heavy atom. The minimum absolute atomic E-state index is 0.0838. The minimum atomic E-state index is -4.13. The highest BCUT2D eigenvalue weighted by molar-refractivity contribution is 5.39. The summed E-state index contributed by atoms with van der Waals surface area (Å²) >= 11 is 0. The summed E-state index contributed by atoms with van der Waals surface area (Å²) in [5.74, 6) is 0.557. The second kappa shape index (κ2) is 5.86. The van der Waals surface area contributed by atoms with E-state index in [-0.39, 0.29) is 6.54 Å². The van der Waals surface area contributed by atoms with E-state index in [1.807, 2.05) is 13.1 Å². The average molecular weight is 247 g/mol. The number of nitrogens with one attached hydrogen (secondary N) is 1. The molecule has 0 amide bonds. The summed E-state index contributed by atoms with van der Waals surface area (Å²) in [6.45, 7) is 0.585. The van der Waals surface area contributed by atoms with Gasteiger partial charge in [-0.15, -0.1) is 0 Å². The molecule has 96 valence electrons. The van der Waals surface area contributed by atoms with E-state index in [4.69, 9.17) is 0 Å². The summed E-state index contributed by atoms with van der Waals surface area (Å²) < 4.78 is 36.2. The van der Waals surface area contributed by atoms with E-state index in [2.05, 4.69) is 10.3 Å². The Bertz CT molecular complexity index is 352. The molecule has 1 rings (SSSR count). The molecule has 17 heavy (non-hydrogen) atoms. The van der Waals surface area contributed by atoms with E-state index >= 15 is 0 Å². The maximum atomic E-state index is 12.1. The van der Waals surface area contributed by atoms with Crippen molar-refractivity contribution in [2.75, 3.05) is 25.5 Å². The molecular formula is C11H16F3N3. The number of hydrogen-bond acceptors (Lipinski definition) is 3. The van der Waals surface area contributed by atoms with E-state index in [1.165, 1.54) is 4.90 Å². The third-order valence-electron chi connectivity index (χ3n) is 2.31. The lowest BCUT2D eigenvalue weighted by atomic mass is 10.2. The van der Waals surface area contributed by atoms with Crippen LogP contribution in [-0.2, 0) is 6.54 Å². The van der Waals surface area contributed by atoms with Crippen LogP contribution in [0.15, 0.2) is 18.3 Å². The third kappa shape index (κ3) is 5.04. The highest BCUT2D eigenvalue weighted by atomic mass is 19.4. The van der Waals surface area contributed by atoms with Gasteiger partial charge in [0.15, 0.2) is 0 Å². The molecule has 0 spiro atoms. The maximum absolute atomic E-state index is 12.1. The summed E-state index contributed by atoms with van der Waals surface area (Å²) in [5.41, 5.74) is 0.997. The van der Waals surface area contributed by atoms with Gasteiger partial charge in [0.05, 0.1) is 6.42 Å². The van der Waals surface area contributed by atoms with Crippen LogP contribution in [0.2, 0.25) is 0 Å². The fraction of sp³-hybridized carbons (Fsp3) is 0.545. The Morgan fingerprint density at radius 2 is 2.12 bits per heavy atom. The molecule has 0 fully saturated rings. The van der Waals surface area contributed by atoms with Crippen molar-refractivity contribution >= 4 is 5.82 Å². The van der Waals surface area contributed by atoms with Crippen LogP contribution in [0, 0.1) is 0 Å². The number of alkyl halides is 3. The van der Waals surface area contributed by atoms with Gasteiger partial charge in [-0.25, -0.2) is 4.98 Å². The standard InChI is InChI=1S/C11H16F3N3/c1-15-8-9-3-5-16-10(7-9)17(2)6-4-11(12,13)14/h3,5,7,15H,4,6,8H2,1-2H3. The lowest BCUT2D eigenvalue weighted by molar-refractivity contribution is -0.132. The number of hydrogen-bond donors (Lipinski definition) is 1. The van der Waals surface area contributed by atoms with E-state index < -0.39 is 12.6 Å². The van der Waals surface area contributed by atoms with Crippen molar-refractivity contribution in [3.63, 3.8) is 0 Å². The Kier molecular flexibility index (Phi) is 4.74. The van der Waals surface area contributed by atoms with Gasteiger partial charge in [-0.05, 0) is 24.7 Å². The average Bonchev–Trinajstić information content (AvgIpc) is 2.26. The first-order valence-electron chi connectivity index (χ1n) is 5.30. The molecule has 0 radical (unpaired) electrons. The predicted molar refractivity (Wildman–Crippen MR) is 60.9 cm³/mol. The molecule has 6 heteroatoms. The summed E-state index contributed by atoms with van der Waals surface area (Å²) in [7, 11) is 3.42. The molecule has 0 saturated carbocycles. The highest BCUT2D eigenvalue weighted by Gasteiger charge is 2.27. The lowest BCUT2D eigenvalue weighted by Crippen LogP contribution is -2.25. The van der Waals surface area contributed by atoms with Crippen molar-refractivity contribution in [2.24, 2.45) is 0 Å². The van der Waals surface area contributed by atoms with Crippen LogP contribution in [0.4, 0.5) is 19.0 Å². The molecule has 1 heterocycles. The number of aromatic nitrogens is 1. The predicted octanol–water partition coefficient (Wildman–Crippen LogP) is 2.19. The summed E-state index contributed by atoms with van der Waals surface area (Å²) in [5, 5.41) is 2.98. The van der Waals surface area contributed by atoms with E-state index in [0.29, 0.717) is 12.4 Å². The number of pyridine rings is 1. The molecule has 0 aromatic carbocycles. The zero-order chi connectivity index (χ0) is 12.9. The largest absolute Gasteiger partial charge is 0.390 e. The molecule has 0 atom stereocenters. The Balaban J connectivity index is 2.62. The van der Waals surface area contributed by atoms with Gasteiger partial charge in [0.1, 0.15) is 5.82 Å². The number of halogens is 3.